The van der Waals surface area contributed by atoms with Crippen molar-refractivity contribution in [1.29, 1.82) is 0 Å². The molecule has 1 atom stereocenters. The number of carbonyl (C=O) groups is 2. The minimum atomic E-state index is -0.846. The van der Waals surface area contributed by atoms with Crippen LogP contribution in [-0.2, 0) is 20.7 Å². The van der Waals surface area contributed by atoms with E-state index in [1.165, 1.54) is 7.11 Å². The molecule has 0 bridgehead atoms. The summed E-state index contributed by atoms with van der Waals surface area (Å²) in [5.74, 6) is -0.558. The maximum Gasteiger partial charge on any atom is 0.407 e. The number of hydrogen-bond donors (Lipinski definition) is 1. The van der Waals surface area contributed by atoms with E-state index in [9.17, 15) is 9.59 Å². The van der Waals surface area contributed by atoms with Crippen molar-refractivity contribution in [2.24, 2.45) is 0 Å². The third-order valence-corrected chi connectivity index (χ3v) is 6.38. The molecule has 5 heteroatoms. The van der Waals surface area contributed by atoms with Gasteiger partial charge in [-0.05, 0) is 38.6 Å². The summed E-state index contributed by atoms with van der Waals surface area (Å²) < 4.78 is 10.5. The zero-order chi connectivity index (χ0) is 23.5. The molecule has 0 saturated carbocycles. The lowest BCUT2D eigenvalue weighted by Gasteiger charge is -2.19. The number of alkyl carbamates (subject to hydrolysis) is 1. The number of nitrogens with one attached hydrogen (secondary N) is 1. The predicted octanol–water partition coefficient (Wildman–Crippen LogP) is 5.46. The average Bonchev–Trinajstić information content (AvgIpc) is 3.20. The Kier molecular flexibility index (Phi) is 6.00. The van der Waals surface area contributed by atoms with Gasteiger partial charge in [0.15, 0.2) is 0 Å². The van der Waals surface area contributed by atoms with Gasteiger partial charge in [0.2, 0.25) is 0 Å². The van der Waals surface area contributed by atoms with Crippen LogP contribution in [0.1, 0.15) is 22.6 Å². The fourth-order valence-electron chi connectivity index (χ4n) is 4.72. The van der Waals surface area contributed by atoms with Gasteiger partial charge in [0, 0.05) is 12.3 Å². The maximum atomic E-state index is 12.7. The lowest BCUT2D eigenvalue weighted by atomic mass is 9.98. The Morgan fingerprint density at radius 2 is 1.44 bits per heavy atom. The molecule has 4 aromatic carbocycles. The average molecular weight is 452 g/mol. The van der Waals surface area contributed by atoms with Gasteiger partial charge in [0.1, 0.15) is 12.6 Å². The van der Waals surface area contributed by atoms with E-state index in [1.54, 1.807) is 0 Å². The minimum Gasteiger partial charge on any atom is -0.467 e. The fourth-order valence-corrected chi connectivity index (χ4v) is 4.72. The molecule has 0 spiro atoms. The fraction of sp³-hybridized carbons (Fsp3) is 0.172. The number of amides is 1. The maximum absolute atomic E-state index is 12.7. The van der Waals surface area contributed by atoms with Crippen LogP contribution in [0.25, 0.3) is 21.9 Å². The third-order valence-electron chi connectivity index (χ3n) is 6.38. The van der Waals surface area contributed by atoms with Crippen molar-refractivity contribution in [3.05, 3.63) is 108 Å². The summed E-state index contributed by atoms with van der Waals surface area (Å²) in [7, 11) is 1.31. The first-order valence-electron chi connectivity index (χ1n) is 11.3. The summed E-state index contributed by atoms with van der Waals surface area (Å²) in [6, 6.07) is 29.5. The highest BCUT2D eigenvalue weighted by Crippen LogP contribution is 2.44. The topological polar surface area (TPSA) is 64.6 Å². The molecule has 1 N–H and O–H groups in total. The summed E-state index contributed by atoms with van der Waals surface area (Å²) in [6.07, 6.45) is -0.333. The second-order valence-corrected chi connectivity index (χ2v) is 8.43. The van der Waals surface area contributed by atoms with E-state index in [-0.39, 0.29) is 12.5 Å². The molecule has 5 rings (SSSR count). The van der Waals surface area contributed by atoms with Gasteiger partial charge < -0.3 is 14.8 Å². The zero-order valence-corrected chi connectivity index (χ0v) is 18.9. The SMILES string of the molecule is COC(=O)[C@H](Cc1ccc2ccccc2c1)NC(=O)OCC1c2ccccc2-c2ccccc21. The van der Waals surface area contributed by atoms with Crippen LogP contribution in [0.3, 0.4) is 0 Å². The van der Waals surface area contributed by atoms with E-state index in [1.807, 2.05) is 66.7 Å². The zero-order valence-electron chi connectivity index (χ0n) is 18.9. The number of carbonyl (C=O) groups excluding carboxylic acids is 2. The first-order valence-corrected chi connectivity index (χ1v) is 11.3. The van der Waals surface area contributed by atoms with Gasteiger partial charge in [0.25, 0.3) is 0 Å². The Balaban J connectivity index is 1.28. The van der Waals surface area contributed by atoms with Crippen molar-refractivity contribution in [1.82, 2.24) is 5.32 Å². The highest BCUT2D eigenvalue weighted by molar-refractivity contribution is 5.84. The summed E-state index contributed by atoms with van der Waals surface area (Å²) in [4.78, 5) is 25.1. The molecule has 0 heterocycles. The summed E-state index contributed by atoms with van der Waals surface area (Å²) in [5, 5.41) is 4.89. The van der Waals surface area contributed by atoms with Crippen molar-refractivity contribution >= 4 is 22.8 Å². The highest BCUT2D eigenvalue weighted by atomic mass is 16.6. The Morgan fingerprint density at radius 1 is 0.824 bits per heavy atom. The standard InChI is InChI=1S/C29H25NO4/c1-33-28(31)27(17-19-14-15-20-8-2-3-9-21(20)16-19)30-29(32)34-18-26-24-12-6-4-10-22(24)23-11-5-7-13-25(23)26/h2-16,26-27H,17-18H2,1H3,(H,30,32)/t27-/m0/s1. The van der Waals surface area contributed by atoms with E-state index in [4.69, 9.17) is 9.47 Å². The van der Waals surface area contributed by atoms with Gasteiger partial charge in [-0.3, -0.25) is 0 Å². The number of esters is 1. The lowest BCUT2D eigenvalue weighted by molar-refractivity contribution is -0.143. The number of rotatable bonds is 6. The Labute approximate surface area is 198 Å². The molecule has 0 aromatic heterocycles. The molecular formula is C29H25NO4. The molecular weight excluding hydrogens is 426 g/mol. The molecule has 4 aromatic rings. The monoisotopic (exact) mass is 451 g/mol. The Morgan fingerprint density at radius 3 is 2.12 bits per heavy atom. The van der Waals surface area contributed by atoms with E-state index in [2.05, 4.69) is 29.6 Å². The third kappa shape index (κ3) is 4.25. The van der Waals surface area contributed by atoms with Crippen molar-refractivity contribution in [2.75, 3.05) is 13.7 Å². The van der Waals surface area contributed by atoms with Crippen LogP contribution in [0, 0.1) is 0 Å². The van der Waals surface area contributed by atoms with E-state index >= 15 is 0 Å². The number of benzene rings is 4. The molecule has 170 valence electrons. The van der Waals surface area contributed by atoms with Crippen molar-refractivity contribution in [3.8, 4) is 11.1 Å². The second kappa shape index (κ2) is 9.40. The summed E-state index contributed by atoms with van der Waals surface area (Å²) in [5.41, 5.74) is 5.52. The first kappa shape index (κ1) is 21.7. The van der Waals surface area contributed by atoms with Crippen molar-refractivity contribution in [2.45, 2.75) is 18.4 Å². The molecule has 1 aliphatic rings. The largest absolute Gasteiger partial charge is 0.467 e. The molecule has 5 nitrogen and oxygen atoms in total. The smallest absolute Gasteiger partial charge is 0.407 e. The normalized spacial score (nSPS) is 13.1. The minimum absolute atomic E-state index is 0.0461. The van der Waals surface area contributed by atoms with E-state index < -0.39 is 18.1 Å². The Hall–Kier alpha value is -4.12. The van der Waals surface area contributed by atoms with Gasteiger partial charge >= 0.3 is 12.1 Å². The quantitative estimate of drug-likeness (QED) is 0.395. The van der Waals surface area contributed by atoms with Crippen LogP contribution in [0.4, 0.5) is 4.79 Å². The molecule has 0 radical (unpaired) electrons. The van der Waals surface area contributed by atoms with Crippen LogP contribution in [0.2, 0.25) is 0 Å². The van der Waals surface area contributed by atoms with Crippen LogP contribution >= 0.6 is 0 Å². The molecule has 0 aliphatic heterocycles. The second-order valence-electron chi connectivity index (χ2n) is 8.43. The number of hydrogen-bond acceptors (Lipinski definition) is 4. The lowest BCUT2D eigenvalue weighted by Crippen LogP contribution is -2.43. The van der Waals surface area contributed by atoms with Crippen LogP contribution in [0.5, 0.6) is 0 Å². The molecule has 0 fully saturated rings. The van der Waals surface area contributed by atoms with Gasteiger partial charge in [-0.2, -0.15) is 0 Å². The van der Waals surface area contributed by atoms with Crippen molar-refractivity contribution < 1.29 is 19.1 Å². The predicted molar refractivity (Wildman–Crippen MR) is 132 cm³/mol. The highest BCUT2D eigenvalue weighted by Gasteiger charge is 2.30. The van der Waals surface area contributed by atoms with Crippen LogP contribution in [0.15, 0.2) is 91.0 Å². The number of methoxy groups -OCH3 is 1. The first-order chi connectivity index (χ1) is 16.6. The van der Waals surface area contributed by atoms with E-state index in [0.29, 0.717) is 6.42 Å². The van der Waals surface area contributed by atoms with Gasteiger partial charge in [-0.1, -0.05) is 91.0 Å². The molecule has 1 aliphatic carbocycles. The number of fused-ring (bicyclic) bond motifs is 4. The summed E-state index contributed by atoms with van der Waals surface area (Å²) in [6.45, 7) is 0.184. The number of ether oxygens (including phenoxy) is 2. The molecule has 1 amide bonds. The molecule has 0 unspecified atom stereocenters. The Bertz CT molecular complexity index is 1320. The van der Waals surface area contributed by atoms with Gasteiger partial charge in [-0.25, -0.2) is 9.59 Å². The molecule has 34 heavy (non-hydrogen) atoms. The summed E-state index contributed by atoms with van der Waals surface area (Å²) >= 11 is 0. The van der Waals surface area contributed by atoms with Crippen LogP contribution < -0.4 is 5.32 Å². The molecule has 0 saturated heterocycles. The van der Waals surface area contributed by atoms with Gasteiger partial charge in [-0.15, -0.1) is 0 Å². The van der Waals surface area contributed by atoms with E-state index in [0.717, 1.165) is 38.6 Å². The van der Waals surface area contributed by atoms with Gasteiger partial charge in [0.05, 0.1) is 7.11 Å². The van der Waals surface area contributed by atoms with Crippen molar-refractivity contribution in [3.63, 3.8) is 0 Å². The van der Waals surface area contributed by atoms with Crippen LogP contribution in [-0.4, -0.2) is 31.8 Å².